The smallest absolute Gasteiger partial charge is 0.234 e. The van der Waals surface area contributed by atoms with Crippen molar-refractivity contribution in [3.05, 3.63) is 78.6 Å². The van der Waals surface area contributed by atoms with Gasteiger partial charge in [0.25, 0.3) is 0 Å². The molecule has 0 aliphatic heterocycles. The second-order valence-corrected chi connectivity index (χ2v) is 7.55. The number of anilines is 1. The minimum absolute atomic E-state index is 0.126. The van der Waals surface area contributed by atoms with Crippen molar-refractivity contribution in [2.24, 2.45) is 0 Å². The summed E-state index contributed by atoms with van der Waals surface area (Å²) in [6.45, 7) is 0. The highest BCUT2D eigenvalue weighted by Gasteiger charge is 2.17. The van der Waals surface area contributed by atoms with E-state index in [4.69, 9.17) is 10.00 Å². The lowest BCUT2D eigenvalue weighted by Gasteiger charge is -2.11. The summed E-state index contributed by atoms with van der Waals surface area (Å²) < 4.78 is 7.15. The highest BCUT2D eigenvalue weighted by molar-refractivity contribution is 7.99. The van der Waals surface area contributed by atoms with Crippen molar-refractivity contribution in [1.29, 1.82) is 5.26 Å². The number of amides is 1. The van der Waals surface area contributed by atoms with E-state index in [0.717, 1.165) is 17.0 Å². The maximum Gasteiger partial charge on any atom is 0.234 e. The number of carbonyl (C=O) groups excluding carboxylic acids is 1. The number of hydrogen-bond donors (Lipinski definition) is 1. The number of pyridine rings is 1. The molecule has 2 aromatic carbocycles. The van der Waals surface area contributed by atoms with Crippen LogP contribution in [0.15, 0.2) is 78.2 Å². The Morgan fingerprint density at radius 3 is 2.62 bits per heavy atom. The topological polar surface area (TPSA) is 106 Å². The Balaban J connectivity index is 1.58. The van der Waals surface area contributed by atoms with Crippen LogP contribution in [0.5, 0.6) is 5.75 Å². The molecule has 0 unspecified atom stereocenters. The summed E-state index contributed by atoms with van der Waals surface area (Å²) >= 11 is 1.27. The van der Waals surface area contributed by atoms with E-state index in [9.17, 15) is 4.79 Å². The molecule has 1 amide bonds. The van der Waals surface area contributed by atoms with Crippen molar-refractivity contribution in [3.8, 4) is 28.9 Å². The van der Waals surface area contributed by atoms with E-state index in [2.05, 4.69) is 26.6 Å². The highest BCUT2D eigenvalue weighted by atomic mass is 32.2. The van der Waals surface area contributed by atoms with E-state index in [0.29, 0.717) is 22.2 Å². The number of aromatic nitrogens is 4. The Bertz CT molecular complexity index is 1270. The predicted octanol–water partition coefficient (Wildman–Crippen LogP) is 3.94. The number of nitriles is 1. The predicted molar refractivity (Wildman–Crippen MR) is 122 cm³/mol. The highest BCUT2D eigenvalue weighted by Crippen LogP contribution is 2.28. The van der Waals surface area contributed by atoms with Gasteiger partial charge < -0.3 is 10.1 Å². The zero-order chi connectivity index (χ0) is 22.3. The van der Waals surface area contributed by atoms with Gasteiger partial charge in [0.15, 0.2) is 11.0 Å². The third-order valence-corrected chi connectivity index (χ3v) is 5.44. The Morgan fingerprint density at radius 2 is 1.91 bits per heavy atom. The van der Waals surface area contributed by atoms with Crippen LogP contribution in [-0.4, -0.2) is 38.5 Å². The summed E-state index contributed by atoms with van der Waals surface area (Å²) in [7, 11) is 1.61. The quantitative estimate of drug-likeness (QED) is 0.432. The number of thioether (sulfide) groups is 1. The van der Waals surface area contributed by atoms with E-state index in [1.807, 2.05) is 41.0 Å². The number of rotatable bonds is 7. The first kappa shape index (κ1) is 21.1. The van der Waals surface area contributed by atoms with Gasteiger partial charge in [0.2, 0.25) is 5.91 Å². The van der Waals surface area contributed by atoms with Crippen LogP contribution >= 0.6 is 11.8 Å². The number of nitrogens with one attached hydrogen (secondary N) is 1. The lowest BCUT2D eigenvalue weighted by Crippen LogP contribution is -2.14. The molecule has 2 heterocycles. The van der Waals surface area contributed by atoms with Gasteiger partial charge in [0, 0.05) is 29.3 Å². The van der Waals surface area contributed by atoms with Crippen molar-refractivity contribution in [1.82, 2.24) is 19.7 Å². The molecule has 0 saturated heterocycles. The Labute approximate surface area is 188 Å². The molecule has 0 radical (unpaired) electrons. The number of benzene rings is 2. The molecule has 158 valence electrons. The fourth-order valence-electron chi connectivity index (χ4n) is 3.01. The monoisotopic (exact) mass is 442 g/mol. The fourth-order valence-corrected chi connectivity index (χ4v) is 3.76. The molecule has 0 spiro atoms. The third kappa shape index (κ3) is 4.77. The van der Waals surface area contributed by atoms with Crippen LogP contribution in [0.2, 0.25) is 0 Å². The molecule has 8 nitrogen and oxygen atoms in total. The zero-order valence-corrected chi connectivity index (χ0v) is 17.9. The second kappa shape index (κ2) is 9.76. The van der Waals surface area contributed by atoms with Gasteiger partial charge in [-0.25, -0.2) is 0 Å². The molecule has 0 atom stereocenters. The lowest BCUT2D eigenvalue weighted by atomic mass is 10.2. The standard InChI is InChI=1S/C23H18N6O2S/c1-31-20-7-5-19(6-8-20)29-22(17-9-11-25-12-10-17)27-28-23(29)32-15-21(30)26-18-4-2-3-16(13-18)14-24/h2-13H,15H2,1H3,(H,26,30). The summed E-state index contributed by atoms with van der Waals surface area (Å²) in [6, 6.07) is 20.1. The molecule has 32 heavy (non-hydrogen) atoms. The molecule has 0 bridgehead atoms. The molecule has 2 aromatic heterocycles. The van der Waals surface area contributed by atoms with Crippen LogP contribution in [-0.2, 0) is 4.79 Å². The van der Waals surface area contributed by atoms with Gasteiger partial charge >= 0.3 is 0 Å². The van der Waals surface area contributed by atoms with Crippen molar-refractivity contribution in [2.45, 2.75) is 5.16 Å². The number of ether oxygens (including phenoxy) is 1. The first-order chi connectivity index (χ1) is 15.7. The second-order valence-electron chi connectivity index (χ2n) is 6.60. The number of carbonyl (C=O) groups is 1. The van der Waals surface area contributed by atoms with Gasteiger partial charge in [0.05, 0.1) is 24.5 Å². The van der Waals surface area contributed by atoms with Crippen LogP contribution in [0.1, 0.15) is 5.56 Å². The SMILES string of the molecule is COc1ccc(-n2c(SCC(=O)Nc3cccc(C#N)c3)nnc2-c2ccncc2)cc1. The van der Waals surface area contributed by atoms with Crippen LogP contribution in [0.4, 0.5) is 5.69 Å². The Kier molecular flexibility index (Phi) is 6.43. The third-order valence-electron chi connectivity index (χ3n) is 4.51. The first-order valence-electron chi connectivity index (χ1n) is 9.61. The first-order valence-corrected chi connectivity index (χ1v) is 10.6. The van der Waals surface area contributed by atoms with E-state index >= 15 is 0 Å². The Morgan fingerprint density at radius 1 is 1.12 bits per heavy atom. The summed E-state index contributed by atoms with van der Waals surface area (Å²) in [6.07, 6.45) is 3.38. The molecular weight excluding hydrogens is 424 g/mol. The molecule has 0 aliphatic rings. The summed E-state index contributed by atoms with van der Waals surface area (Å²) in [5.74, 6) is 1.30. The van der Waals surface area contributed by atoms with E-state index < -0.39 is 0 Å². The summed E-state index contributed by atoms with van der Waals surface area (Å²) in [4.78, 5) is 16.6. The van der Waals surface area contributed by atoms with Gasteiger partial charge in [0.1, 0.15) is 5.75 Å². The molecule has 0 fully saturated rings. The lowest BCUT2D eigenvalue weighted by molar-refractivity contribution is -0.113. The number of methoxy groups -OCH3 is 1. The van der Waals surface area contributed by atoms with Gasteiger partial charge in [-0.3, -0.25) is 14.3 Å². The summed E-state index contributed by atoms with van der Waals surface area (Å²) in [5.41, 5.74) is 2.75. The molecule has 9 heteroatoms. The molecule has 0 aliphatic carbocycles. The van der Waals surface area contributed by atoms with Gasteiger partial charge in [-0.2, -0.15) is 5.26 Å². The minimum Gasteiger partial charge on any atom is -0.497 e. The largest absolute Gasteiger partial charge is 0.497 e. The summed E-state index contributed by atoms with van der Waals surface area (Å²) in [5, 5.41) is 21.1. The van der Waals surface area contributed by atoms with Gasteiger partial charge in [-0.05, 0) is 54.6 Å². The van der Waals surface area contributed by atoms with Crippen molar-refractivity contribution in [2.75, 3.05) is 18.2 Å². The molecule has 4 aromatic rings. The normalized spacial score (nSPS) is 10.4. The average Bonchev–Trinajstić information content (AvgIpc) is 3.27. The van der Waals surface area contributed by atoms with Crippen LogP contribution < -0.4 is 10.1 Å². The number of nitrogens with zero attached hydrogens (tertiary/aromatic N) is 5. The van der Waals surface area contributed by atoms with Gasteiger partial charge in [-0.1, -0.05) is 17.8 Å². The maximum absolute atomic E-state index is 12.5. The van der Waals surface area contributed by atoms with E-state index in [-0.39, 0.29) is 11.7 Å². The maximum atomic E-state index is 12.5. The minimum atomic E-state index is -0.208. The van der Waals surface area contributed by atoms with Crippen molar-refractivity contribution >= 4 is 23.4 Å². The van der Waals surface area contributed by atoms with Gasteiger partial charge in [-0.15, -0.1) is 10.2 Å². The molecule has 0 saturated carbocycles. The van der Waals surface area contributed by atoms with Crippen LogP contribution in [0, 0.1) is 11.3 Å². The van der Waals surface area contributed by atoms with Crippen molar-refractivity contribution in [3.63, 3.8) is 0 Å². The zero-order valence-electron chi connectivity index (χ0n) is 17.1. The fraction of sp³-hybridized carbons (Fsp3) is 0.0870. The van der Waals surface area contributed by atoms with Crippen molar-refractivity contribution < 1.29 is 9.53 Å². The molecule has 4 rings (SSSR count). The van der Waals surface area contributed by atoms with Crippen LogP contribution in [0.3, 0.4) is 0 Å². The average molecular weight is 443 g/mol. The molecule has 1 N–H and O–H groups in total. The van der Waals surface area contributed by atoms with Crippen LogP contribution in [0.25, 0.3) is 17.1 Å². The van der Waals surface area contributed by atoms with E-state index in [1.54, 1.807) is 43.8 Å². The Hall–Kier alpha value is -4.16. The molecular formula is C23H18N6O2S. The number of hydrogen-bond acceptors (Lipinski definition) is 7. The van der Waals surface area contributed by atoms with E-state index in [1.165, 1.54) is 11.8 Å².